The first kappa shape index (κ1) is 17.0. The zero-order valence-electron chi connectivity index (χ0n) is 14.6. The summed E-state index contributed by atoms with van der Waals surface area (Å²) in [6.45, 7) is 11.7. The van der Waals surface area contributed by atoms with Crippen molar-refractivity contribution in [1.29, 1.82) is 0 Å². The molecule has 1 aliphatic heterocycles. The first-order chi connectivity index (χ1) is 10.4. The summed E-state index contributed by atoms with van der Waals surface area (Å²) in [5.74, 6) is 0.882. The Morgan fingerprint density at radius 2 is 2.14 bits per heavy atom. The number of aromatic nitrogens is 2. The summed E-state index contributed by atoms with van der Waals surface area (Å²) in [4.78, 5) is 14.9. The van der Waals surface area contributed by atoms with E-state index >= 15 is 0 Å². The van der Waals surface area contributed by atoms with Crippen LogP contribution in [0.4, 0.5) is 0 Å². The highest BCUT2D eigenvalue weighted by molar-refractivity contribution is 5.92. The lowest BCUT2D eigenvalue weighted by Gasteiger charge is -2.35. The summed E-state index contributed by atoms with van der Waals surface area (Å²) in [6.07, 6.45) is 2.42. The van der Waals surface area contributed by atoms with Gasteiger partial charge in [-0.3, -0.25) is 9.48 Å². The highest BCUT2D eigenvalue weighted by Gasteiger charge is 2.23. The molecule has 1 N–H and O–H groups in total. The average Bonchev–Trinajstić information content (AvgIpc) is 2.87. The van der Waals surface area contributed by atoms with Crippen LogP contribution in [0.5, 0.6) is 0 Å². The molecule has 0 aliphatic carbocycles. The second kappa shape index (κ2) is 7.27. The molecule has 0 aromatic carbocycles. The zero-order valence-corrected chi connectivity index (χ0v) is 14.6. The first-order valence-corrected chi connectivity index (χ1v) is 8.44. The number of hydrogen-bond acceptors (Lipinski definition) is 3. The molecule has 1 unspecified atom stereocenters. The molecule has 0 spiro atoms. The summed E-state index contributed by atoms with van der Waals surface area (Å²) in [7, 11) is 1.84. The quantitative estimate of drug-likeness (QED) is 0.909. The molecule has 1 aromatic rings. The topological polar surface area (TPSA) is 50.2 Å². The third-order valence-electron chi connectivity index (χ3n) is 4.55. The van der Waals surface area contributed by atoms with E-state index in [4.69, 9.17) is 0 Å². The second-order valence-corrected chi connectivity index (χ2v) is 7.04. The van der Waals surface area contributed by atoms with Crippen LogP contribution in [0.3, 0.4) is 0 Å². The van der Waals surface area contributed by atoms with Crippen molar-refractivity contribution < 1.29 is 4.79 Å². The van der Waals surface area contributed by atoms with Crippen LogP contribution < -0.4 is 5.32 Å². The minimum atomic E-state index is -0.0106. The van der Waals surface area contributed by atoms with Gasteiger partial charge in [0.2, 0.25) is 0 Å². The molecular formula is C17H30N4O. The lowest BCUT2D eigenvalue weighted by molar-refractivity contribution is 0.0913. The van der Waals surface area contributed by atoms with Gasteiger partial charge in [0, 0.05) is 26.2 Å². The van der Waals surface area contributed by atoms with Gasteiger partial charge in [0.05, 0.1) is 5.69 Å². The summed E-state index contributed by atoms with van der Waals surface area (Å²) in [5.41, 5.74) is 1.62. The molecule has 2 rings (SSSR count). The van der Waals surface area contributed by atoms with E-state index in [0.29, 0.717) is 23.6 Å². The molecule has 22 heavy (non-hydrogen) atoms. The minimum Gasteiger partial charge on any atom is -0.350 e. The maximum atomic E-state index is 12.4. The SMILES string of the molecule is CC(C)c1cc(C(=O)NCC2CCCN(C(C)C)C2)n(C)n1. The monoisotopic (exact) mass is 306 g/mol. The largest absolute Gasteiger partial charge is 0.350 e. The second-order valence-electron chi connectivity index (χ2n) is 7.04. The number of nitrogens with zero attached hydrogens (tertiary/aromatic N) is 3. The molecule has 0 saturated carbocycles. The van der Waals surface area contributed by atoms with Crippen LogP contribution in [0.2, 0.25) is 0 Å². The van der Waals surface area contributed by atoms with Gasteiger partial charge in [0.25, 0.3) is 5.91 Å². The van der Waals surface area contributed by atoms with Gasteiger partial charge in [-0.05, 0) is 51.1 Å². The maximum Gasteiger partial charge on any atom is 0.269 e. The molecule has 1 fully saturated rings. The van der Waals surface area contributed by atoms with Crippen LogP contribution in [0.15, 0.2) is 6.07 Å². The number of hydrogen-bond donors (Lipinski definition) is 1. The Morgan fingerprint density at radius 1 is 1.41 bits per heavy atom. The normalized spacial score (nSPS) is 19.9. The lowest BCUT2D eigenvalue weighted by Crippen LogP contribution is -2.43. The van der Waals surface area contributed by atoms with Crippen LogP contribution in [0.1, 0.15) is 62.6 Å². The number of likely N-dealkylation sites (tertiary alicyclic amines) is 1. The first-order valence-electron chi connectivity index (χ1n) is 8.44. The van der Waals surface area contributed by atoms with E-state index in [0.717, 1.165) is 18.8 Å². The van der Waals surface area contributed by atoms with Gasteiger partial charge < -0.3 is 10.2 Å². The number of carbonyl (C=O) groups is 1. The summed E-state index contributed by atoms with van der Waals surface area (Å²) >= 11 is 0. The number of rotatable bonds is 5. The predicted octanol–water partition coefficient (Wildman–Crippen LogP) is 2.39. The molecule has 0 bridgehead atoms. The number of nitrogens with one attached hydrogen (secondary N) is 1. The third kappa shape index (κ3) is 4.09. The van der Waals surface area contributed by atoms with Crippen LogP contribution in [-0.2, 0) is 7.05 Å². The fourth-order valence-corrected chi connectivity index (χ4v) is 3.04. The van der Waals surface area contributed by atoms with E-state index < -0.39 is 0 Å². The van der Waals surface area contributed by atoms with E-state index in [2.05, 4.69) is 43.0 Å². The Hall–Kier alpha value is -1.36. The standard InChI is InChI=1S/C17H30N4O/c1-12(2)15-9-16(20(5)19-15)17(22)18-10-14-7-6-8-21(11-14)13(3)4/h9,12-14H,6-8,10-11H2,1-5H3,(H,18,22). The molecule has 5 nitrogen and oxygen atoms in total. The lowest BCUT2D eigenvalue weighted by atomic mass is 9.97. The number of piperidine rings is 1. The average molecular weight is 306 g/mol. The van der Waals surface area contributed by atoms with Crippen molar-refractivity contribution >= 4 is 5.91 Å². The van der Waals surface area contributed by atoms with Crippen molar-refractivity contribution in [3.8, 4) is 0 Å². The van der Waals surface area contributed by atoms with Crippen molar-refractivity contribution in [2.24, 2.45) is 13.0 Å². The van der Waals surface area contributed by atoms with Gasteiger partial charge in [-0.2, -0.15) is 5.10 Å². The molecular weight excluding hydrogens is 276 g/mol. The Bertz CT molecular complexity index is 507. The summed E-state index contributed by atoms with van der Waals surface area (Å²) in [6, 6.07) is 2.49. The molecule has 2 heterocycles. The molecule has 1 saturated heterocycles. The van der Waals surface area contributed by atoms with Gasteiger partial charge in [-0.25, -0.2) is 0 Å². The maximum absolute atomic E-state index is 12.4. The minimum absolute atomic E-state index is 0.0106. The Kier molecular flexibility index (Phi) is 5.62. The van der Waals surface area contributed by atoms with E-state index in [-0.39, 0.29) is 5.91 Å². The van der Waals surface area contributed by atoms with E-state index in [1.54, 1.807) is 4.68 Å². The number of amides is 1. The van der Waals surface area contributed by atoms with E-state index in [1.165, 1.54) is 19.4 Å². The fraction of sp³-hybridized carbons (Fsp3) is 0.765. The van der Waals surface area contributed by atoms with Crippen LogP contribution >= 0.6 is 0 Å². The van der Waals surface area contributed by atoms with Crippen molar-refractivity contribution in [2.45, 2.75) is 52.5 Å². The third-order valence-corrected chi connectivity index (χ3v) is 4.55. The van der Waals surface area contributed by atoms with Crippen molar-refractivity contribution in [1.82, 2.24) is 20.0 Å². The Morgan fingerprint density at radius 3 is 2.73 bits per heavy atom. The Labute approximate surface area is 134 Å². The number of aryl methyl sites for hydroxylation is 1. The van der Waals surface area contributed by atoms with Crippen molar-refractivity contribution in [3.63, 3.8) is 0 Å². The highest BCUT2D eigenvalue weighted by Crippen LogP contribution is 2.18. The molecule has 1 amide bonds. The van der Waals surface area contributed by atoms with Gasteiger partial charge >= 0.3 is 0 Å². The smallest absolute Gasteiger partial charge is 0.269 e. The highest BCUT2D eigenvalue weighted by atomic mass is 16.2. The zero-order chi connectivity index (χ0) is 16.3. The number of carbonyl (C=O) groups excluding carboxylic acids is 1. The summed E-state index contributed by atoms with van der Waals surface area (Å²) < 4.78 is 1.69. The molecule has 0 radical (unpaired) electrons. The Balaban J connectivity index is 1.90. The van der Waals surface area contributed by atoms with Crippen LogP contribution in [-0.4, -0.2) is 46.3 Å². The van der Waals surface area contributed by atoms with Gasteiger partial charge in [-0.1, -0.05) is 13.8 Å². The van der Waals surface area contributed by atoms with Crippen LogP contribution in [0.25, 0.3) is 0 Å². The van der Waals surface area contributed by atoms with E-state index in [9.17, 15) is 4.79 Å². The van der Waals surface area contributed by atoms with E-state index in [1.807, 2.05) is 13.1 Å². The molecule has 1 aromatic heterocycles. The van der Waals surface area contributed by atoms with Gasteiger partial charge in [0.15, 0.2) is 0 Å². The summed E-state index contributed by atoms with van der Waals surface area (Å²) in [5, 5.41) is 7.50. The van der Waals surface area contributed by atoms with Gasteiger partial charge in [-0.15, -0.1) is 0 Å². The van der Waals surface area contributed by atoms with Crippen LogP contribution in [0, 0.1) is 5.92 Å². The molecule has 5 heteroatoms. The van der Waals surface area contributed by atoms with Crippen molar-refractivity contribution in [2.75, 3.05) is 19.6 Å². The van der Waals surface area contributed by atoms with Gasteiger partial charge in [0.1, 0.15) is 5.69 Å². The molecule has 124 valence electrons. The van der Waals surface area contributed by atoms with Crippen molar-refractivity contribution in [3.05, 3.63) is 17.5 Å². The molecule has 1 aliphatic rings. The molecule has 1 atom stereocenters. The fourth-order valence-electron chi connectivity index (χ4n) is 3.04. The predicted molar refractivity (Wildman–Crippen MR) is 89.1 cm³/mol.